The van der Waals surface area contributed by atoms with Crippen molar-refractivity contribution in [2.24, 2.45) is 0 Å². The second-order valence-corrected chi connectivity index (χ2v) is 10.1. The number of fused-ring (bicyclic) bond motifs is 1. The Morgan fingerprint density at radius 3 is 2.65 bits per heavy atom. The zero-order valence-corrected chi connectivity index (χ0v) is 20.0. The molecular formula is C25H39N3O2S. The molecule has 0 aromatic heterocycles. The molecule has 0 saturated carbocycles. The molecule has 1 aromatic carbocycles. The Morgan fingerprint density at radius 1 is 1.13 bits per heavy atom. The van der Waals surface area contributed by atoms with Crippen LogP contribution >= 0.6 is 11.8 Å². The summed E-state index contributed by atoms with van der Waals surface area (Å²) in [5.74, 6) is 2.31. The first-order chi connectivity index (χ1) is 15.1. The van der Waals surface area contributed by atoms with Crippen LogP contribution in [0.3, 0.4) is 0 Å². The van der Waals surface area contributed by atoms with E-state index in [-0.39, 0.29) is 23.9 Å². The van der Waals surface area contributed by atoms with Crippen LogP contribution < -0.4 is 10.6 Å². The summed E-state index contributed by atoms with van der Waals surface area (Å²) in [4.78, 5) is 28.3. The van der Waals surface area contributed by atoms with E-state index < -0.39 is 0 Å². The lowest BCUT2D eigenvalue weighted by Crippen LogP contribution is -2.56. The highest BCUT2D eigenvalue weighted by Gasteiger charge is 2.40. The van der Waals surface area contributed by atoms with E-state index in [9.17, 15) is 9.59 Å². The molecule has 5 nitrogen and oxygen atoms in total. The fourth-order valence-corrected chi connectivity index (χ4v) is 6.03. The number of nitrogens with zero attached hydrogens (tertiary/aromatic N) is 1. The van der Waals surface area contributed by atoms with E-state index in [1.807, 2.05) is 18.7 Å². The fourth-order valence-electron chi connectivity index (χ4n) is 5.00. The van der Waals surface area contributed by atoms with Crippen molar-refractivity contribution in [2.75, 3.05) is 18.6 Å². The predicted octanol–water partition coefficient (Wildman–Crippen LogP) is 3.77. The lowest BCUT2D eigenvalue weighted by Gasteiger charge is -2.36. The Bertz CT molecular complexity index is 695. The molecule has 4 atom stereocenters. The van der Waals surface area contributed by atoms with Gasteiger partial charge < -0.3 is 15.5 Å². The Labute approximate surface area is 192 Å². The normalized spacial score (nSPS) is 24.9. The van der Waals surface area contributed by atoms with E-state index in [0.29, 0.717) is 12.1 Å². The van der Waals surface area contributed by atoms with Gasteiger partial charge in [0.05, 0.1) is 6.04 Å². The summed E-state index contributed by atoms with van der Waals surface area (Å²) in [6, 6.07) is 10.7. The van der Waals surface area contributed by atoms with E-state index in [1.165, 1.54) is 5.56 Å². The van der Waals surface area contributed by atoms with Crippen molar-refractivity contribution in [3.05, 3.63) is 35.9 Å². The highest BCUT2D eigenvalue weighted by molar-refractivity contribution is 7.99. The summed E-state index contributed by atoms with van der Waals surface area (Å²) >= 11 is 1.99. The first-order valence-corrected chi connectivity index (χ1v) is 13.2. The molecule has 1 unspecified atom stereocenters. The van der Waals surface area contributed by atoms with Crippen LogP contribution in [-0.4, -0.2) is 59.4 Å². The maximum atomic E-state index is 13.5. The van der Waals surface area contributed by atoms with Crippen LogP contribution in [-0.2, 0) is 16.0 Å². The molecule has 3 rings (SSSR count). The standard InChI is InChI=1S/C25H39N3O2S/c1-3-22(26-2)24(29)27-23-12-8-7-11-20-13-14-21(28(20)25(23)30)16-18-31-17-15-19-9-5-4-6-10-19/h4-6,9-10,20-23,26H,3,7-8,11-18H2,1-2H3,(H,27,29)/t20-,21-,22?,23-/m0/s1. The van der Waals surface area contributed by atoms with Crippen LogP contribution in [0.4, 0.5) is 0 Å². The smallest absolute Gasteiger partial charge is 0.245 e. The summed E-state index contributed by atoms with van der Waals surface area (Å²) in [6.45, 7) is 1.99. The van der Waals surface area contributed by atoms with Crippen LogP contribution in [0.1, 0.15) is 63.9 Å². The van der Waals surface area contributed by atoms with Crippen molar-refractivity contribution in [3.8, 4) is 0 Å². The summed E-state index contributed by atoms with van der Waals surface area (Å²) < 4.78 is 0. The van der Waals surface area contributed by atoms with Gasteiger partial charge in [-0.05, 0) is 69.1 Å². The van der Waals surface area contributed by atoms with Gasteiger partial charge in [-0.15, -0.1) is 0 Å². The highest BCUT2D eigenvalue weighted by Crippen LogP contribution is 2.33. The van der Waals surface area contributed by atoms with E-state index in [2.05, 4.69) is 45.9 Å². The molecule has 172 valence electrons. The Kier molecular flexibility index (Phi) is 9.72. The van der Waals surface area contributed by atoms with Crippen molar-refractivity contribution >= 4 is 23.6 Å². The summed E-state index contributed by atoms with van der Waals surface area (Å²) in [5.41, 5.74) is 1.39. The van der Waals surface area contributed by atoms with Crippen LogP contribution in [0.25, 0.3) is 0 Å². The average molecular weight is 446 g/mol. The third-order valence-corrected chi connectivity index (χ3v) is 7.83. The van der Waals surface area contributed by atoms with Gasteiger partial charge in [-0.25, -0.2) is 0 Å². The third kappa shape index (κ3) is 6.72. The van der Waals surface area contributed by atoms with Crippen molar-refractivity contribution in [3.63, 3.8) is 0 Å². The molecule has 6 heteroatoms. The molecule has 2 fully saturated rings. The minimum absolute atomic E-state index is 0.0484. The van der Waals surface area contributed by atoms with Crippen molar-refractivity contribution in [2.45, 2.75) is 88.9 Å². The third-order valence-electron chi connectivity index (χ3n) is 6.82. The molecular weight excluding hydrogens is 406 g/mol. The van der Waals surface area contributed by atoms with Gasteiger partial charge in [0.2, 0.25) is 11.8 Å². The number of hydrogen-bond donors (Lipinski definition) is 2. The lowest BCUT2D eigenvalue weighted by molar-refractivity contribution is -0.140. The van der Waals surface area contributed by atoms with E-state index in [1.54, 1.807) is 7.05 Å². The van der Waals surface area contributed by atoms with E-state index in [0.717, 1.165) is 69.3 Å². The number of carbonyl (C=O) groups excluding carboxylic acids is 2. The first kappa shape index (κ1) is 24.1. The molecule has 2 amide bonds. The van der Waals surface area contributed by atoms with E-state index in [4.69, 9.17) is 0 Å². The quantitative estimate of drug-likeness (QED) is 0.538. The molecule has 2 aliphatic heterocycles. The lowest BCUT2D eigenvalue weighted by atomic mass is 9.98. The summed E-state index contributed by atoms with van der Waals surface area (Å²) in [7, 11) is 1.80. The molecule has 0 bridgehead atoms. The number of carbonyl (C=O) groups is 2. The molecule has 2 saturated heterocycles. The van der Waals surface area contributed by atoms with Gasteiger partial charge in [-0.3, -0.25) is 9.59 Å². The average Bonchev–Trinajstić information content (AvgIpc) is 3.17. The van der Waals surface area contributed by atoms with Gasteiger partial charge in [0.15, 0.2) is 0 Å². The number of hydrogen-bond acceptors (Lipinski definition) is 4. The van der Waals surface area contributed by atoms with Crippen molar-refractivity contribution in [1.82, 2.24) is 15.5 Å². The Hall–Kier alpha value is -1.53. The predicted molar refractivity (Wildman–Crippen MR) is 129 cm³/mol. The van der Waals surface area contributed by atoms with Gasteiger partial charge >= 0.3 is 0 Å². The second kappa shape index (κ2) is 12.5. The molecule has 2 heterocycles. The van der Waals surface area contributed by atoms with Crippen LogP contribution in [0, 0.1) is 0 Å². The number of benzene rings is 1. The van der Waals surface area contributed by atoms with Gasteiger partial charge in [0.1, 0.15) is 6.04 Å². The summed E-state index contributed by atoms with van der Waals surface area (Å²) in [5, 5.41) is 6.12. The van der Waals surface area contributed by atoms with Crippen molar-refractivity contribution < 1.29 is 9.59 Å². The van der Waals surface area contributed by atoms with Gasteiger partial charge in [0.25, 0.3) is 0 Å². The molecule has 1 aromatic rings. The van der Waals surface area contributed by atoms with Gasteiger partial charge in [-0.1, -0.05) is 50.1 Å². The zero-order chi connectivity index (χ0) is 22.1. The first-order valence-electron chi connectivity index (χ1n) is 12.1. The molecule has 2 aliphatic rings. The number of rotatable bonds is 10. The zero-order valence-electron chi connectivity index (χ0n) is 19.1. The minimum Gasteiger partial charge on any atom is -0.343 e. The second-order valence-electron chi connectivity index (χ2n) is 8.86. The highest BCUT2D eigenvalue weighted by atomic mass is 32.2. The maximum Gasteiger partial charge on any atom is 0.245 e. The van der Waals surface area contributed by atoms with Crippen LogP contribution in [0.2, 0.25) is 0 Å². The van der Waals surface area contributed by atoms with Crippen LogP contribution in [0.15, 0.2) is 30.3 Å². The SMILES string of the molecule is CCC(NC)C(=O)N[C@H]1CCCC[C@H]2CC[C@@H](CCSCCc3ccccc3)N2C1=O. The number of aryl methyl sites for hydroxylation is 1. The monoisotopic (exact) mass is 445 g/mol. The minimum atomic E-state index is -0.371. The van der Waals surface area contributed by atoms with Crippen LogP contribution in [0.5, 0.6) is 0 Å². The maximum absolute atomic E-state index is 13.5. The van der Waals surface area contributed by atoms with Gasteiger partial charge in [0, 0.05) is 12.1 Å². The topological polar surface area (TPSA) is 61.4 Å². The Morgan fingerprint density at radius 2 is 1.90 bits per heavy atom. The molecule has 0 spiro atoms. The van der Waals surface area contributed by atoms with E-state index >= 15 is 0 Å². The molecule has 0 radical (unpaired) electrons. The van der Waals surface area contributed by atoms with Gasteiger partial charge in [-0.2, -0.15) is 11.8 Å². The molecule has 31 heavy (non-hydrogen) atoms. The number of amides is 2. The van der Waals surface area contributed by atoms with Crippen molar-refractivity contribution in [1.29, 1.82) is 0 Å². The molecule has 0 aliphatic carbocycles. The largest absolute Gasteiger partial charge is 0.343 e. The number of nitrogens with one attached hydrogen (secondary N) is 2. The Balaban J connectivity index is 1.53. The number of likely N-dealkylation sites (N-methyl/N-ethyl adjacent to an activating group) is 1. The number of thioether (sulfide) groups is 1. The summed E-state index contributed by atoms with van der Waals surface area (Å²) in [6.07, 6.45) is 9.10. The fraction of sp³-hybridized carbons (Fsp3) is 0.680. The molecule has 2 N–H and O–H groups in total.